The minimum atomic E-state index is 0.840. The molecule has 56 valence electrons. The number of rotatable bonds is 6. The van der Waals surface area contributed by atoms with Crippen molar-refractivity contribution in [3.63, 3.8) is 0 Å². The van der Waals surface area contributed by atoms with Gasteiger partial charge in [-0.25, -0.2) is 11.0 Å². The Hall–Kier alpha value is -0.160. The molecular weight excluding hydrogens is 120 g/mol. The molecule has 0 fully saturated rings. The molecule has 0 spiro atoms. The summed E-state index contributed by atoms with van der Waals surface area (Å²) >= 11 is 0. The number of hydrogen-bond donors (Lipinski definition) is 2. The van der Waals surface area contributed by atoms with E-state index in [1.54, 1.807) is 14.2 Å². The highest BCUT2D eigenvalue weighted by Gasteiger charge is 1.83. The van der Waals surface area contributed by atoms with Gasteiger partial charge in [0.25, 0.3) is 0 Å². The largest absolute Gasteiger partial charge is 0.305 e. The molecule has 4 heteroatoms. The van der Waals surface area contributed by atoms with Crippen LogP contribution in [0.2, 0.25) is 0 Å². The van der Waals surface area contributed by atoms with Gasteiger partial charge in [-0.3, -0.25) is 0 Å². The van der Waals surface area contributed by atoms with Crippen molar-refractivity contribution in [2.45, 2.75) is 6.42 Å². The molecule has 0 radical (unpaired) electrons. The minimum Gasteiger partial charge on any atom is -0.305 e. The standard InChI is InChI=1S/C5H14N2O2/c1-8-6-4-3-5-7-9-2/h6-7H,3-5H2,1-2H3. The normalized spacial score (nSPS) is 10.0. The van der Waals surface area contributed by atoms with Crippen LogP contribution >= 0.6 is 0 Å². The third-order valence-corrected chi connectivity index (χ3v) is 0.846. The lowest BCUT2D eigenvalue weighted by Gasteiger charge is -2.01. The van der Waals surface area contributed by atoms with Gasteiger partial charge >= 0.3 is 0 Å². The van der Waals surface area contributed by atoms with E-state index in [-0.39, 0.29) is 0 Å². The summed E-state index contributed by atoms with van der Waals surface area (Å²) in [6.45, 7) is 1.68. The predicted octanol–water partition coefficient (Wildman–Crippen LogP) is -0.322. The van der Waals surface area contributed by atoms with Crippen LogP contribution in [0, 0.1) is 0 Å². The Labute approximate surface area is 55.4 Å². The third kappa shape index (κ3) is 7.84. The van der Waals surface area contributed by atoms with Gasteiger partial charge in [0, 0.05) is 13.1 Å². The van der Waals surface area contributed by atoms with Crippen LogP contribution < -0.4 is 11.0 Å². The van der Waals surface area contributed by atoms with E-state index in [0.717, 1.165) is 19.5 Å². The predicted molar refractivity (Wildman–Crippen MR) is 34.6 cm³/mol. The summed E-state index contributed by atoms with van der Waals surface area (Å²) in [7, 11) is 3.20. The van der Waals surface area contributed by atoms with Crippen molar-refractivity contribution in [3.8, 4) is 0 Å². The zero-order valence-electron chi connectivity index (χ0n) is 5.94. The quantitative estimate of drug-likeness (QED) is 0.386. The molecule has 0 bridgehead atoms. The highest BCUT2D eigenvalue weighted by molar-refractivity contribution is 4.37. The summed E-state index contributed by atoms with van der Waals surface area (Å²) in [6, 6.07) is 0. The zero-order chi connectivity index (χ0) is 6.95. The molecule has 0 amide bonds. The van der Waals surface area contributed by atoms with Crippen molar-refractivity contribution < 1.29 is 9.68 Å². The van der Waals surface area contributed by atoms with E-state index in [4.69, 9.17) is 0 Å². The molecule has 0 aliphatic rings. The van der Waals surface area contributed by atoms with Gasteiger partial charge < -0.3 is 9.68 Å². The first-order valence-electron chi connectivity index (χ1n) is 2.93. The molecule has 0 saturated heterocycles. The van der Waals surface area contributed by atoms with Gasteiger partial charge in [0.05, 0.1) is 14.2 Å². The van der Waals surface area contributed by atoms with Crippen LogP contribution in [-0.2, 0) is 9.68 Å². The van der Waals surface area contributed by atoms with E-state index in [1.165, 1.54) is 0 Å². The molecule has 0 heterocycles. The Kier molecular flexibility index (Phi) is 7.70. The Balaban J connectivity index is 2.60. The molecule has 0 aromatic heterocycles. The molecule has 0 aromatic carbocycles. The number of hydroxylamine groups is 2. The summed E-state index contributed by atoms with van der Waals surface area (Å²) < 4.78 is 0. The van der Waals surface area contributed by atoms with Crippen LogP contribution in [-0.4, -0.2) is 27.3 Å². The van der Waals surface area contributed by atoms with E-state index in [1.807, 2.05) is 0 Å². The maximum atomic E-state index is 4.60. The molecule has 0 atom stereocenters. The SMILES string of the molecule is CONCCCNOC. The molecule has 0 rings (SSSR count). The van der Waals surface area contributed by atoms with Gasteiger partial charge in [-0.15, -0.1) is 0 Å². The molecule has 2 N–H and O–H groups in total. The van der Waals surface area contributed by atoms with Crippen LogP contribution in [0.1, 0.15) is 6.42 Å². The fraction of sp³-hybridized carbons (Fsp3) is 1.00. The van der Waals surface area contributed by atoms with Gasteiger partial charge in [-0.2, -0.15) is 0 Å². The summed E-state index contributed by atoms with van der Waals surface area (Å²) in [5, 5.41) is 0. The first kappa shape index (κ1) is 8.84. The van der Waals surface area contributed by atoms with Gasteiger partial charge in [0.2, 0.25) is 0 Å². The molecular formula is C5H14N2O2. The average Bonchev–Trinajstić information content (AvgIpc) is 1.89. The van der Waals surface area contributed by atoms with E-state index in [9.17, 15) is 0 Å². The first-order valence-corrected chi connectivity index (χ1v) is 2.93. The molecule has 4 nitrogen and oxygen atoms in total. The van der Waals surface area contributed by atoms with Crippen molar-refractivity contribution in [1.82, 2.24) is 11.0 Å². The summed E-state index contributed by atoms with van der Waals surface area (Å²) in [4.78, 5) is 9.21. The second-order valence-corrected chi connectivity index (χ2v) is 1.55. The molecule has 0 saturated carbocycles. The number of nitrogens with one attached hydrogen (secondary N) is 2. The van der Waals surface area contributed by atoms with E-state index >= 15 is 0 Å². The fourth-order valence-electron chi connectivity index (χ4n) is 0.437. The van der Waals surface area contributed by atoms with Crippen LogP contribution in [0.25, 0.3) is 0 Å². The van der Waals surface area contributed by atoms with Crippen molar-refractivity contribution in [2.24, 2.45) is 0 Å². The first-order chi connectivity index (χ1) is 4.41. The van der Waals surface area contributed by atoms with E-state index in [2.05, 4.69) is 20.6 Å². The second-order valence-electron chi connectivity index (χ2n) is 1.55. The van der Waals surface area contributed by atoms with Gasteiger partial charge in [-0.1, -0.05) is 0 Å². The van der Waals surface area contributed by atoms with Crippen molar-refractivity contribution in [1.29, 1.82) is 0 Å². The highest BCUT2D eigenvalue weighted by atomic mass is 16.6. The molecule has 0 aliphatic carbocycles. The van der Waals surface area contributed by atoms with Gasteiger partial charge in [0.15, 0.2) is 0 Å². The molecule has 0 unspecified atom stereocenters. The average molecular weight is 134 g/mol. The maximum Gasteiger partial charge on any atom is 0.0572 e. The number of hydrogen-bond acceptors (Lipinski definition) is 4. The Morgan fingerprint density at radius 3 is 1.78 bits per heavy atom. The third-order valence-electron chi connectivity index (χ3n) is 0.846. The van der Waals surface area contributed by atoms with E-state index < -0.39 is 0 Å². The summed E-state index contributed by atoms with van der Waals surface area (Å²) in [5.41, 5.74) is 5.42. The second kappa shape index (κ2) is 7.84. The van der Waals surface area contributed by atoms with Gasteiger partial charge in [-0.05, 0) is 6.42 Å². The lowest BCUT2D eigenvalue weighted by molar-refractivity contribution is 0.0727. The lowest BCUT2D eigenvalue weighted by Crippen LogP contribution is -2.20. The highest BCUT2D eigenvalue weighted by Crippen LogP contribution is 1.71. The van der Waals surface area contributed by atoms with Gasteiger partial charge in [0.1, 0.15) is 0 Å². The smallest absolute Gasteiger partial charge is 0.0572 e. The maximum absolute atomic E-state index is 4.60. The van der Waals surface area contributed by atoms with Crippen molar-refractivity contribution in [2.75, 3.05) is 27.3 Å². The van der Waals surface area contributed by atoms with E-state index in [0.29, 0.717) is 0 Å². The lowest BCUT2D eigenvalue weighted by atomic mass is 10.4. The van der Waals surface area contributed by atoms with Crippen molar-refractivity contribution in [3.05, 3.63) is 0 Å². The molecule has 0 aliphatic heterocycles. The van der Waals surface area contributed by atoms with Crippen LogP contribution in [0.3, 0.4) is 0 Å². The topological polar surface area (TPSA) is 42.5 Å². The van der Waals surface area contributed by atoms with Crippen LogP contribution in [0.4, 0.5) is 0 Å². The molecule has 9 heavy (non-hydrogen) atoms. The Bertz CT molecular complexity index is 46.2. The Morgan fingerprint density at radius 2 is 1.44 bits per heavy atom. The summed E-state index contributed by atoms with van der Waals surface area (Å²) in [6.07, 6.45) is 0.988. The summed E-state index contributed by atoms with van der Waals surface area (Å²) in [5.74, 6) is 0. The fourth-order valence-corrected chi connectivity index (χ4v) is 0.437. The molecule has 0 aromatic rings. The zero-order valence-corrected chi connectivity index (χ0v) is 5.94. The minimum absolute atomic E-state index is 0.840. The van der Waals surface area contributed by atoms with Crippen LogP contribution in [0.15, 0.2) is 0 Å². The Morgan fingerprint density at radius 1 is 1.00 bits per heavy atom. The monoisotopic (exact) mass is 134 g/mol. The van der Waals surface area contributed by atoms with Crippen LogP contribution in [0.5, 0.6) is 0 Å². The van der Waals surface area contributed by atoms with Crippen molar-refractivity contribution >= 4 is 0 Å².